The quantitative estimate of drug-likeness (QED) is 0.797. The Balaban J connectivity index is 2.26. The van der Waals surface area contributed by atoms with Gasteiger partial charge in [-0.1, -0.05) is 24.4 Å². The summed E-state index contributed by atoms with van der Waals surface area (Å²) in [6.07, 6.45) is 0.871. The Kier molecular flexibility index (Phi) is 4.98. The molecule has 1 aromatic carbocycles. The van der Waals surface area contributed by atoms with Gasteiger partial charge in [-0.3, -0.25) is 0 Å². The number of sulfonamides is 1. The summed E-state index contributed by atoms with van der Waals surface area (Å²) in [6.45, 7) is 4.90. The van der Waals surface area contributed by atoms with Gasteiger partial charge < -0.3 is 10.5 Å². The van der Waals surface area contributed by atoms with Crippen molar-refractivity contribution < 1.29 is 13.2 Å². The van der Waals surface area contributed by atoms with Crippen molar-refractivity contribution in [3.05, 3.63) is 29.3 Å². The van der Waals surface area contributed by atoms with Gasteiger partial charge in [0.25, 0.3) is 0 Å². The highest BCUT2D eigenvalue weighted by Gasteiger charge is 2.27. The maximum Gasteiger partial charge on any atom is 0.241 e. The lowest BCUT2D eigenvalue weighted by Gasteiger charge is -2.20. The summed E-state index contributed by atoms with van der Waals surface area (Å²) in [6, 6.07) is 4.79. The first-order chi connectivity index (χ1) is 9.81. The van der Waals surface area contributed by atoms with Crippen molar-refractivity contribution in [2.24, 2.45) is 11.7 Å². The molecular formula is C14H20N2O3S2. The number of hydrogen-bond acceptors (Lipinski definition) is 4. The summed E-state index contributed by atoms with van der Waals surface area (Å²) in [4.78, 5) is 0.405. The average Bonchev–Trinajstić information content (AvgIpc) is 2.92. The average molecular weight is 328 g/mol. The van der Waals surface area contributed by atoms with Crippen LogP contribution in [0.15, 0.2) is 23.1 Å². The van der Waals surface area contributed by atoms with E-state index in [1.165, 1.54) is 6.07 Å². The molecule has 116 valence electrons. The standard InChI is InChI=1S/C14H20N2O3S2/c1-9-3-4-11(14(15)20)7-13(9)21(17,18)16-10(2)12-5-6-19-8-12/h3-4,7,10,12,16H,5-6,8H2,1-2H3,(H2,15,20). The smallest absolute Gasteiger partial charge is 0.241 e. The van der Waals surface area contributed by atoms with E-state index in [2.05, 4.69) is 4.72 Å². The first-order valence-electron chi connectivity index (χ1n) is 6.82. The van der Waals surface area contributed by atoms with Crippen LogP contribution < -0.4 is 10.5 Å². The number of ether oxygens (including phenoxy) is 1. The van der Waals surface area contributed by atoms with Crippen molar-refractivity contribution in [2.75, 3.05) is 13.2 Å². The van der Waals surface area contributed by atoms with Gasteiger partial charge in [0.05, 0.1) is 11.5 Å². The molecule has 0 aliphatic carbocycles. The molecule has 1 fully saturated rings. The second-order valence-corrected chi connectivity index (χ2v) is 7.50. The number of rotatable bonds is 5. The second-order valence-electron chi connectivity index (χ2n) is 5.38. The Morgan fingerprint density at radius 2 is 2.24 bits per heavy atom. The maximum absolute atomic E-state index is 12.6. The summed E-state index contributed by atoms with van der Waals surface area (Å²) in [5.74, 6) is 0.207. The Morgan fingerprint density at radius 3 is 2.81 bits per heavy atom. The zero-order valence-corrected chi connectivity index (χ0v) is 13.8. The van der Waals surface area contributed by atoms with E-state index in [-0.39, 0.29) is 21.8 Å². The van der Waals surface area contributed by atoms with Crippen molar-refractivity contribution in [1.82, 2.24) is 4.72 Å². The van der Waals surface area contributed by atoms with Gasteiger partial charge in [0.2, 0.25) is 10.0 Å². The van der Waals surface area contributed by atoms with Crippen LogP contribution in [0.25, 0.3) is 0 Å². The predicted octanol–water partition coefficient (Wildman–Crippen LogP) is 1.33. The third-order valence-corrected chi connectivity index (χ3v) is 5.71. The largest absolute Gasteiger partial charge is 0.389 e. The SMILES string of the molecule is Cc1ccc(C(N)=S)cc1S(=O)(=O)NC(C)C1CCOC1. The molecule has 21 heavy (non-hydrogen) atoms. The topological polar surface area (TPSA) is 81.4 Å². The number of aryl methyl sites for hydroxylation is 1. The van der Waals surface area contributed by atoms with E-state index >= 15 is 0 Å². The zero-order chi connectivity index (χ0) is 15.6. The molecule has 2 rings (SSSR count). The lowest BCUT2D eigenvalue weighted by molar-refractivity contribution is 0.180. The number of hydrogen-bond donors (Lipinski definition) is 2. The normalized spacial score (nSPS) is 20.4. The molecule has 1 aliphatic rings. The number of nitrogens with one attached hydrogen (secondary N) is 1. The summed E-state index contributed by atoms with van der Waals surface area (Å²) in [5.41, 5.74) is 6.79. The van der Waals surface area contributed by atoms with Crippen molar-refractivity contribution >= 4 is 27.2 Å². The van der Waals surface area contributed by atoms with Crippen LogP contribution in [-0.2, 0) is 14.8 Å². The minimum Gasteiger partial charge on any atom is -0.389 e. The molecule has 5 nitrogen and oxygen atoms in total. The first kappa shape index (κ1) is 16.4. The van der Waals surface area contributed by atoms with E-state index in [4.69, 9.17) is 22.7 Å². The van der Waals surface area contributed by atoms with Crippen LogP contribution >= 0.6 is 12.2 Å². The molecule has 0 radical (unpaired) electrons. The third kappa shape index (κ3) is 3.79. The molecule has 1 saturated heterocycles. The number of nitrogens with two attached hydrogens (primary N) is 1. The van der Waals surface area contributed by atoms with Gasteiger partial charge in [-0.15, -0.1) is 0 Å². The number of benzene rings is 1. The molecule has 1 aromatic rings. The molecule has 0 saturated carbocycles. The minimum atomic E-state index is -3.60. The molecule has 1 heterocycles. The summed E-state index contributed by atoms with van der Waals surface area (Å²) < 4.78 is 33.2. The third-order valence-electron chi connectivity index (χ3n) is 3.78. The molecule has 1 aliphatic heterocycles. The van der Waals surface area contributed by atoms with Crippen molar-refractivity contribution in [2.45, 2.75) is 31.2 Å². The molecule has 0 spiro atoms. The molecule has 3 N–H and O–H groups in total. The molecule has 0 bridgehead atoms. The first-order valence-corrected chi connectivity index (χ1v) is 8.71. The second kappa shape index (κ2) is 6.39. The summed E-state index contributed by atoms with van der Waals surface area (Å²) in [5, 5.41) is 0. The molecule has 7 heteroatoms. The van der Waals surface area contributed by atoms with Crippen LogP contribution in [0.5, 0.6) is 0 Å². The van der Waals surface area contributed by atoms with Gasteiger partial charge in [-0.2, -0.15) is 0 Å². The van der Waals surface area contributed by atoms with Gasteiger partial charge in [0.15, 0.2) is 0 Å². The van der Waals surface area contributed by atoms with Gasteiger partial charge in [-0.05, 0) is 31.9 Å². The maximum atomic E-state index is 12.6. The van der Waals surface area contributed by atoms with Crippen LogP contribution in [0.1, 0.15) is 24.5 Å². The Bertz CT molecular complexity index is 638. The van der Waals surface area contributed by atoms with Gasteiger partial charge in [0.1, 0.15) is 4.99 Å². The molecule has 2 atom stereocenters. The predicted molar refractivity (Wildman–Crippen MR) is 85.8 cm³/mol. The monoisotopic (exact) mass is 328 g/mol. The highest BCUT2D eigenvalue weighted by molar-refractivity contribution is 7.89. The Morgan fingerprint density at radius 1 is 1.52 bits per heavy atom. The Hall–Kier alpha value is -1.02. The van der Waals surface area contributed by atoms with E-state index in [0.29, 0.717) is 24.3 Å². The van der Waals surface area contributed by atoms with E-state index in [1.54, 1.807) is 19.1 Å². The van der Waals surface area contributed by atoms with Crippen molar-refractivity contribution in [1.29, 1.82) is 0 Å². The number of thiocarbonyl (C=S) groups is 1. The molecule has 0 aromatic heterocycles. The van der Waals surface area contributed by atoms with Gasteiger partial charge >= 0.3 is 0 Å². The lowest BCUT2D eigenvalue weighted by Crippen LogP contribution is -2.38. The van der Waals surface area contributed by atoms with Crippen LogP contribution in [-0.4, -0.2) is 32.7 Å². The van der Waals surface area contributed by atoms with E-state index in [0.717, 1.165) is 6.42 Å². The minimum absolute atomic E-state index is 0.176. The van der Waals surface area contributed by atoms with Crippen molar-refractivity contribution in [3.63, 3.8) is 0 Å². The highest BCUT2D eigenvalue weighted by Crippen LogP contribution is 2.21. The van der Waals surface area contributed by atoms with E-state index in [1.807, 2.05) is 6.92 Å². The summed E-state index contributed by atoms with van der Waals surface area (Å²) in [7, 11) is -3.60. The molecule has 0 amide bonds. The molecule has 2 unspecified atom stereocenters. The van der Waals surface area contributed by atoms with Crippen molar-refractivity contribution in [3.8, 4) is 0 Å². The van der Waals surface area contributed by atoms with Crippen LogP contribution in [0.2, 0.25) is 0 Å². The fraction of sp³-hybridized carbons (Fsp3) is 0.500. The van der Waals surface area contributed by atoms with Crippen LogP contribution in [0, 0.1) is 12.8 Å². The van der Waals surface area contributed by atoms with Gasteiger partial charge in [-0.25, -0.2) is 13.1 Å². The molecular weight excluding hydrogens is 308 g/mol. The van der Waals surface area contributed by atoms with E-state index < -0.39 is 10.0 Å². The highest BCUT2D eigenvalue weighted by atomic mass is 32.2. The zero-order valence-electron chi connectivity index (χ0n) is 12.1. The van der Waals surface area contributed by atoms with Gasteiger partial charge in [0, 0.05) is 24.1 Å². The fourth-order valence-corrected chi connectivity index (χ4v) is 4.10. The Labute approximate surface area is 130 Å². The fourth-order valence-electron chi connectivity index (χ4n) is 2.39. The van der Waals surface area contributed by atoms with Crippen LogP contribution in [0.4, 0.5) is 0 Å². The summed E-state index contributed by atoms with van der Waals surface area (Å²) >= 11 is 4.91. The van der Waals surface area contributed by atoms with E-state index in [9.17, 15) is 8.42 Å². The lowest BCUT2D eigenvalue weighted by atomic mass is 10.0. The van der Waals surface area contributed by atoms with Crippen LogP contribution in [0.3, 0.4) is 0 Å².